The second-order valence-electron chi connectivity index (χ2n) is 11.8. The van der Waals surface area contributed by atoms with Gasteiger partial charge in [-0.05, 0) is 56.7 Å². The molecule has 0 radical (unpaired) electrons. The second-order valence-corrected chi connectivity index (χ2v) is 11.8. The van der Waals surface area contributed by atoms with Crippen molar-refractivity contribution in [2.45, 2.75) is 73.0 Å². The van der Waals surface area contributed by atoms with Crippen molar-refractivity contribution < 1.29 is 33.7 Å². The van der Waals surface area contributed by atoms with E-state index in [4.69, 9.17) is 25.7 Å². The molecule has 0 aliphatic rings. The number of ether oxygens (including phenoxy) is 3. The van der Waals surface area contributed by atoms with E-state index in [0.717, 1.165) is 0 Å². The van der Waals surface area contributed by atoms with E-state index in [1.807, 2.05) is 27.7 Å². The maximum atomic E-state index is 13.6. The van der Waals surface area contributed by atoms with E-state index in [-0.39, 0.29) is 42.9 Å². The lowest BCUT2D eigenvalue weighted by Crippen LogP contribution is -2.47. The lowest BCUT2D eigenvalue weighted by Gasteiger charge is -2.30. The zero-order valence-corrected chi connectivity index (χ0v) is 25.5. The Labute approximate surface area is 239 Å². The van der Waals surface area contributed by atoms with Crippen LogP contribution >= 0.6 is 0 Å². The number of primary amides is 1. The van der Waals surface area contributed by atoms with Gasteiger partial charge in [-0.3, -0.25) is 14.4 Å². The highest BCUT2D eigenvalue weighted by Crippen LogP contribution is 2.32. The molecule has 1 aromatic carbocycles. The van der Waals surface area contributed by atoms with Crippen molar-refractivity contribution >= 4 is 17.6 Å². The normalized spacial score (nSPS) is 14.9. The fourth-order valence-electron chi connectivity index (χ4n) is 4.32. The molecule has 0 aliphatic heterocycles. The lowest BCUT2D eigenvalue weighted by atomic mass is 9.80. The molecule has 0 heterocycles. The van der Waals surface area contributed by atoms with Crippen LogP contribution in [0.4, 0.5) is 0 Å². The number of hydrogen-bond donors (Lipinski definition) is 4. The van der Waals surface area contributed by atoms with Crippen LogP contribution < -0.4 is 26.3 Å². The largest absolute Gasteiger partial charge is 0.493 e. The van der Waals surface area contributed by atoms with E-state index in [0.29, 0.717) is 36.7 Å². The Morgan fingerprint density at radius 3 is 2.12 bits per heavy atom. The van der Waals surface area contributed by atoms with Crippen LogP contribution in [-0.4, -0.2) is 68.8 Å². The van der Waals surface area contributed by atoms with Crippen LogP contribution in [0.5, 0.6) is 11.5 Å². The van der Waals surface area contributed by atoms with E-state index in [1.54, 1.807) is 46.3 Å². The smallest absolute Gasteiger partial charge is 0.224 e. The van der Waals surface area contributed by atoms with Crippen molar-refractivity contribution in [2.24, 2.45) is 40.6 Å². The van der Waals surface area contributed by atoms with Gasteiger partial charge in [-0.1, -0.05) is 27.7 Å². The highest BCUT2D eigenvalue weighted by Gasteiger charge is 2.33. The monoisotopic (exact) mass is 565 g/mol. The lowest BCUT2D eigenvalue weighted by molar-refractivity contribution is -0.130. The van der Waals surface area contributed by atoms with Gasteiger partial charge in [0.2, 0.25) is 11.8 Å². The van der Waals surface area contributed by atoms with Crippen molar-refractivity contribution in [3.63, 3.8) is 0 Å². The average Bonchev–Trinajstić information content (AvgIpc) is 2.90. The number of methoxy groups -OCH3 is 2. The van der Waals surface area contributed by atoms with E-state index in [2.05, 4.69) is 5.32 Å². The third-order valence-electron chi connectivity index (χ3n) is 7.37. The highest BCUT2D eigenvalue weighted by molar-refractivity contribution is 5.98. The summed E-state index contributed by atoms with van der Waals surface area (Å²) in [7, 11) is 3.16. The molecule has 1 rings (SSSR count). The number of nitrogens with two attached hydrogens (primary N) is 2. The fourth-order valence-corrected chi connectivity index (χ4v) is 4.32. The minimum atomic E-state index is -1.01. The summed E-state index contributed by atoms with van der Waals surface area (Å²) in [6, 6.07) is 4.36. The van der Waals surface area contributed by atoms with Crippen molar-refractivity contribution in [3.8, 4) is 11.5 Å². The number of ketones is 1. The first-order chi connectivity index (χ1) is 18.7. The van der Waals surface area contributed by atoms with Gasteiger partial charge >= 0.3 is 0 Å². The van der Waals surface area contributed by atoms with Crippen LogP contribution in [0, 0.1) is 29.1 Å². The Bertz CT molecular complexity index is 965. The van der Waals surface area contributed by atoms with Crippen LogP contribution in [-0.2, 0) is 14.3 Å². The van der Waals surface area contributed by atoms with Gasteiger partial charge < -0.3 is 36.1 Å². The Hall–Kier alpha value is -2.69. The predicted octanol–water partition coefficient (Wildman–Crippen LogP) is 2.93. The molecular formula is C30H51N3O7. The standard InChI is InChI=1S/C30H51N3O7/c1-18(2)21(27(35)20-10-11-25(39-8)26(14-20)40-13-9-12-38-7)15-23(31)24(34)16-22(19(3)4)28(36)33-17-30(5,6)29(32)37/h10-11,14,18-19,21-24,34H,9,12-13,15-17,31H2,1-8H3,(H2,32,37)(H,33,36)/t21-,22-,23-,24-/m0/s1. The van der Waals surface area contributed by atoms with Crippen molar-refractivity contribution in [1.82, 2.24) is 5.32 Å². The maximum absolute atomic E-state index is 13.6. The van der Waals surface area contributed by atoms with E-state index < -0.39 is 35.3 Å². The van der Waals surface area contributed by atoms with Gasteiger partial charge in [0.1, 0.15) is 0 Å². The molecule has 0 spiro atoms. The Morgan fingerprint density at radius 1 is 0.975 bits per heavy atom. The Kier molecular flexibility index (Phi) is 14.6. The van der Waals surface area contributed by atoms with Crippen LogP contribution in [0.1, 0.15) is 71.2 Å². The summed E-state index contributed by atoms with van der Waals surface area (Å²) in [6.07, 6.45) is 0.0570. The van der Waals surface area contributed by atoms with E-state index in [1.165, 1.54) is 0 Å². The molecule has 10 heteroatoms. The number of Topliss-reactive ketones (excluding diaryl/α,β-unsaturated/α-hetero) is 1. The molecule has 4 atom stereocenters. The SMILES string of the molecule is COCCCOc1cc(C(=O)[C@@H](C[C@H](N)[C@@H](O)C[C@H](C(=O)NCC(C)(C)C(N)=O)C(C)C)C(C)C)ccc1OC. The Balaban J connectivity index is 2.98. The van der Waals surface area contributed by atoms with E-state index in [9.17, 15) is 19.5 Å². The Morgan fingerprint density at radius 2 is 1.60 bits per heavy atom. The third kappa shape index (κ3) is 10.7. The van der Waals surface area contributed by atoms with Crippen molar-refractivity contribution in [3.05, 3.63) is 23.8 Å². The molecule has 0 bridgehead atoms. The van der Waals surface area contributed by atoms with Gasteiger partial charge in [0.15, 0.2) is 17.3 Å². The number of carbonyl (C=O) groups excluding carboxylic acids is 3. The van der Waals surface area contributed by atoms with Crippen LogP contribution in [0.25, 0.3) is 0 Å². The molecular weight excluding hydrogens is 514 g/mol. The van der Waals surface area contributed by atoms with Crippen LogP contribution in [0.2, 0.25) is 0 Å². The molecule has 0 aromatic heterocycles. The van der Waals surface area contributed by atoms with Gasteiger partial charge in [-0.2, -0.15) is 0 Å². The fraction of sp³-hybridized carbons (Fsp3) is 0.700. The molecule has 0 aliphatic carbocycles. The first kappa shape index (κ1) is 35.3. The third-order valence-corrected chi connectivity index (χ3v) is 7.37. The van der Waals surface area contributed by atoms with Gasteiger partial charge in [-0.15, -0.1) is 0 Å². The molecule has 0 saturated carbocycles. The number of aliphatic hydroxyl groups is 1. The number of rotatable bonds is 19. The van der Waals surface area contributed by atoms with E-state index >= 15 is 0 Å². The molecule has 2 amide bonds. The summed E-state index contributed by atoms with van der Waals surface area (Å²) in [5.74, 6) is -0.999. The molecule has 0 fully saturated rings. The summed E-state index contributed by atoms with van der Waals surface area (Å²) >= 11 is 0. The number of benzene rings is 1. The molecule has 0 saturated heterocycles. The second kappa shape index (κ2) is 16.5. The quantitative estimate of drug-likeness (QED) is 0.147. The van der Waals surface area contributed by atoms with Gasteiger partial charge in [0.05, 0.1) is 25.2 Å². The minimum Gasteiger partial charge on any atom is -0.493 e. The summed E-state index contributed by atoms with van der Waals surface area (Å²) in [5.41, 5.74) is 11.4. The zero-order valence-electron chi connectivity index (χ0n) is 25.5. The molecule has 40 heavy (non-hydrogen) atoms. The molecule has 6 N–H and O–H groups in total. The summed E-state index contributed by atoms with van der Waals surface area (Å²) < 4.78 is 16.3. The van der Waals surface area contributed by atoms with Crippen molar-refractivity contribution in [2.75, 3.05) is 34.0 Å². The zero-order chi connectivity index (χ0) is 30.6. The summed E-state index contributed by atoms with van der Waals surface area (Å²) in [4.78, 5) is 38.1. The van der Waals surface area contributed by atoms with Gasteiger partial charge in [-0.25, -0.2) is 0 Å². The average molecular weight is 566 g/mol. The van der Waals surface area contributed by atoms with Crippen LogP contribution in [0.15, 0.2) is 18.2 Å². The molecule has 1 aromatic rings. The van der Waals surface area contributed by atoms with Gasteiger partial charge in [0.25, 0.3) is 0 Å². The first-order valence-corrected chi connectivity index (χ1v) is 14.0. The summed E-state index contributed by atoms with van der Waals surface area (Å²) in [6.45, 7) is 12.0. The maximum Gasteiger partial charge on any atom is 0.224 e. The van der Waals surface area contributed by atoms with Gasteiger partial charge in [0, 0.05) is 50.1 Å². The number of hydrogen-bond acceptors (Lipinski definition) is 8. The number of carbonyl (C=O) groups is 3. The topological polar surface area (TPSA) is 163 Å². The number of aliphatic hydroxyl groups excluding tert-OH is 1. The van der Waals surface area contributed by atoms with Crippen LogP contribution in [0.3, 0.4) is 0 Å². The molecule has 10 nitrogen and oxygen atoms in total. The number of nitrogens with one attached hydrogen (secondary N) is 1. The minimum absolute atomic E-state index is 0.0425. The van der Waals surface area contributed by atoms with Crippen molar-refractivity contribution in [1.29, 1.82) is 0 Å². The summed E-state index contributed by atoms with van der Waals surface area (Å²) in [5, 5.41) is 13.8. The highest BCUT2D eigenvalue weighted by atomic mass is 16.5. The predicted molar refractivity (Wildman–Crippen MR) is 155 cm³/mol. The number of amides is 2. The molecule has 0 unspecified atom stereocenters. The molecule has 228 valence electrons. The first-order valence-electron chi connectivity index (χ1n) is 14.0.